The fraction of sp³-hybridized carbons (Fsp3) is 0.407. The maximum absolute atomic E-state index is 13.1. The molecule has 0 spiro atoms. The van der Waals surface area contributed by atoms with Crippen LogP contribution < -0.4 is 4.74 Å². The number of hydrogen-bond acceptors (Lipinski definition) is 5. The maximum Gasteiger partial charge on any atom is 0.295 e. The van der Waals surface area contributed by atoms with Crippen molar-refractivity contribution in [3.05, 3.63) is 70.3 Å². The molecular weight excluding hydrogens is 452 g/mol. The van der Waals surface area contributed by atoms with Crippen LogP contribution in [0.3, 0.4) is 0 Å². The predicted molar refractivity (Wildman–Crippen MR) is 135 cm³/mol. The predicted octanol–water partition coefficient (Wildman–Crippen LogP) is 5.28. The number of rotatable bonds is 11. The van der Waals surface area contributed by atoms with Gasteiger partial charge in [-0.2, -0.15) is 0 Å². The van der Waals surface area contributed by atoms with Gasteiger partial charge in [0, 0.05) is 17.1 Å². The van der Waals surface area contributed by atoms with Crippen LogP contribution in [0.5, 0.6) is 5.75 Å². The second kappa shape index (κ2) is 12.0. The number of aliphatic hydroxyl groups excluding tert-OH is 1. The van der Waals surface area contributed by atoms with Crippen LogP contribution in [-0.2, 0) is 9.59 Å². The van der Waals surface area contributed by atoms with Gasteiger partial charge in [0.15, 0.2) is 0 Å². The molecule has 1 atom stereocenters. The van der Waals surface area contributed by atoms with Gasteiger partial charge in [-0.1, -0.05) is 43.5 Å². The smallest absolute Gasteiger partial charge is 0.295 e. The SMILES string of the molecule is CCCCCOc1cccc(C2/C(=C(\O)c3ccc(Cl)cc3)C(=O)C(=O)N2CCCN(C)C)c1. The minimum atomic E-state index is -0.697. The maximum atomic E-state index is 13.1. The van der Waals surface area contributed by atoms with Crippen LogP contribution >= 0.6 is 11.6 Å². The van der Waals surface area contributed by atoms with Gasteiger partial charge >= 0.3 is 0 Å². The molecule has 1 fully saturated rings. The second-order valence-electron chi connectivity index (χ2n) is 8.78. The Kier molecular flexibility index (Phi) is 9.13. The second-order valence-corrected chi connectivity index (χ2v) is 9.22. The number of Topliss-reactive ketones (excluding diaryl/α,β-unsaturated/α-hetero) is 1. The van der Waals surface area contributed by atoms with Crippen LogP contribution in [0.4, 0.5) is 0 Å². The highest BCUT2D eigenvalue weighted by Crippen LogP contribution is 2.40. The van der Waals surface area contributed by atoms with Crippen LogP contribution in [0.15, 0.2) is 54.1 Å². The molecule has 1 amide bonds. The van der Waals surface area contributed by atoms with Gasteiger partial charge in [-0.3, -0.25) is 9.59 Å². The number of likely N-dealkylation sites (tertiary alicyclic amines) is 1. The van der Waals surface area contributed by atoms with Crippen molar-refractivity contribution in [1.29, 1.82) is 0 Å². The van der Waals surface area contributed by atoms with E-state index in [4.69, 9.17) is 16.3 Å². The van der Waals surface area contributed by atoms with Gasteiger partial charge < -0.3 is 19.6 Å². The van der Waals surface area contributed by atoms with Crippen LogP contribution in [0.1, 0.15) is 49.8 Å². The average molecular weight is 485 g/mol. The molecule has 1 unspecified atom stereocenters. The van der Waals surface area contributed by atoms with Gasteiger partial charge in [0.1, 0.15) is 11.5 Å². The molecule has 3 rings (SSSR count). The van der Waals surface area contributed by atoms with E-state index in [1.54, 1.807) is 29.2 Å². The summed E-state index contributed by atoms with van der Waals surface area (Å²) in [5.41, 5.74) is 1.25. The number of benzene rings is 2. The zero-order chi connectivity index (χ0) is 24.7. The average Bonchev–Trinajstić information content (AvgIpc) is 3.07. The minimum Gasteiger partial charge on any atom is -0.507 e. The highest BCUT2D eigenvalue weighted by molar-refractivity contribution is 6.46. The molecule has 0 saturated carbocycles. The van der Waals surface area contributed by atoms with E-state index < -0.39 is 17.7 Å². The lowest BCUT2D eigenvalue weighted by atomic mass is 9.95. The molecule has 1 aliphatic rings. The number of aliphatic hydroxyl groups is 1. The highest BCUT2D eigenvalue weighted by Gasteiger charge is 2.45. The summed E-state index contributed by atoms with van der Waals surface area (Å²) in [6, 6.07) is 13.3. The Morgan fingerprint density at radius 3 is 2.50 bits per heavy atom. The number of carbonyl (C=O) groups is 2. The standard InChI is InChI=1S/C27H33ClN2O4/c1-4-5-6-17-34-22-10-7-9-20(18-22)24-23(25(31)19-11-13-21(28)14-12-19)26(32)27(33)30(24)16-8-15-29(2)3/h7,9-14,18,24,31H,4-6,8,15-17H2,1-3H3/b25-23+. The van der Waals surface area contributed by atoms with E-state index in [0.717, 1.165) is 31.4 Å². The lowest BCUT2D eigenvalue weighted by Crippen LogP contribution is -2.32. The Bertz CT molecular complexity index is 1030. The van der Waals surface area contributed by atoms with E-state index in [1.807, 2.05) is 43.3 Å². The van der Waals surface area contributed by atoms with Crippen molar-refractivity contribution in [2.75, 3.05) is 33.8 Å². The zero-order valence-electron chi connectivity index (χ0n) is 20.1. The van der Waals surface area contributed by atoms with Gasteiger partial charge in [-0.15, -0.1) is 0 Å². The van der Waals surface area contributed by atoms with Crippen molar-refractivity contribution in [3.63, 3.8) is 0 Å². The molecule has 1 saturated heterocycles. The van der Waals surface area contributed by atoms with E-state index >= 15 is 0 Å². The third-order valence-corrected chi connectivity index (χ3v) is 6.10. The number of amides is 1. The molecule has 1 aliphatic heterocycles. The molecule has 1 N–H and O–H groups in total. The fourth-order valence-corrected chi connectivity index (χ4v) is 4.22. The molecule has 34 heavy (non-hydrogen) atoms. The molecule has 6 nitrogen and oxygen atoms in total. The summed E-state index contributed by atoms with van der Waals surface area (Å²) in [5, 5.41) is 11.6. The summed E-state index contributed by atoms with van der Waals surface area (Å²) in [6.45, 7) is 3.91. The quantitative estimate of drug-likeness (QED) is 0.203. The van der Waals surface area contributed by atoms with Crippen LogP contribution in [0, 0.1) is 0 Å². The highest BCUT2D eigenvalue weighted by atomic mass is 35.5. The molecule has 7 heteroatoms. The largest absolute Gasteiger partial charge is 0.507 e. The van der Waals surface area contributed by atoms with E-state index in [0.29, 0.717) is 35.9 Å². The molecule has 0 radical (unpaired) electrons. The summed E-state index contributed by atoms with van der Waals surface area (Å²) in [4.78, 5) is 29.8. The molecule has 0 bridgehead atoms. The molecule has 2 aromatic carbocycles. The van der Waals surface area contributed by atoms with Crippen molar-refractivity contribution in [2.45, 2.75) is 38.6 Å². The third-order valence-electron chi connectivity index (χ3n) is 5.85. The molecule has 0 aliphatic carbocycles. The first-order chi connectivity index (χ1) is 16.3. The first kappa shape index (κ1) is 25.8. The van der Waals surface area contributed by atoms with Crippen molar-refractivity contribution in [1.82, 2.24) is 9.80 Å². The Balaban J connectivity index is 2.01. The summed E-state index contributed by atoms with van der Waals surface area (Å²) in [7, 11) is 3.93. The fourth-order valence-electron chi connectivity index (χ4n) is 4.09. The normalized spacial score (nSPS) is 17.6. The van der Waals surface area contributed by atoms with Crippen molar-refractivity contribution >= 4 is 29.1 Å². The van der Waals surface area contributed by atoms with Crippen molar-refractivity contribution in [2.24, 2.45) is 0 Å². The van der Waals surface area contributed by atoms with E-state index in [-0.39, 0.29) is 11.3 Å². The Morgan fingerprint density at radius 2 is 1.82 bits per heavy atom. The molecular formula is C27H33ClN2O4. The number of ether oxygens (including phenoxy) is 1. The number of unbranched alkanes of at least 4 members (excludes halogenated alkanes) is 2. The number of halogens is 1. The van der Waals surface area contributed by atoms with Gasteiger partial charge in [0.2, 0.25) is 0 Å². The van der Waals surface area contributed by atoms with Crippen molar-refractivity contribution in [3.8, 4) is 5.75 Å². The Hall–Kier alpha value is -2.83. The first-order valence-electron chi connectivity index (χ1n) is 11.7. The van der Waals surface area contributed by atoms with Gasteiger partial charge in [0.05, 0.1) is 18.2 Å². The lowest BCUT2D eigenvalue weighted by molar-refractivity contribution is -0.139. The number of hydrogen-bond donors (Lipinski definition) is 1. The summed E-state index contributed by atoms with van der Waals surface area (Å²) < 4.78 is 5.92. The summed E-state index contributed by atoms with van der Waals surface area (Å²) in [5.74, 6) is -0.812. The molecule has 1 heterocycles. The van der Waals surface area contributed by atoms with Crippen molar-refractivity contribution < 1.29 is 19.4 Å². The Labute approximate surface area is 206 Å². The van der Waals surface area contributed by atoms with Crippen LogP contribution in [0.2, 0.25) is 5.02 Å². The summed E-state index contributed by atoms with van der Waals surface area (Å²) >= 11 is 5.99. The third kappa shape index (κ3) is 6.19. The molecule has 182 valence electrons. The van der Waals surface area contributed by atoms with Gasteiger partial charge in [-0.25, -0.2) is 0 Å². The lowest BCUT2D eigenvalue weighted by Gasteiger charge is -2.26. The topological polar surface area (TPSA) is 70.1 Å². The van der Waals surface area contributed by atoms with Gasteiger partial charge in [0.25, 0.3) is 11.7 Å². The van der Waals surface area contributed by atoms with Crippen LogP contribution in [-0.4, -0.2) is 60.4 Å². The number of carbonyl (C=O) groups excluding carboxylic acids is 2. The summed E-state index contributed by atoms with van der Waals surface area (Å²) in [6.07, 6.45) is 3.85. The zero-order valence-corrected chi connectivity index (χ0v) is 20.8. The monoisotopic (exact) mass is 484 g/mol. The molecule has 2 aromatic rings. The van der Waals surface area contributed by atoms with E-state index in [1.165, 1.54) is 0 Å². The van der Waals surface area contributed by atoms with Crippen LogP contribution in [0.25, 0.3) is 5.76 Å². The van der Waals surface area contributed by atoms with E-state index in [2.05, 4.69) is 6.92 Å². The Morgan fingerprint density at radius 1 is 1.09 bits per heavy atom. The number of nitrogens with zero attached hydrogens (tertiary/aromatic N) is 2. The van der Waals surface area contributed by atoms with Gasteiger partial charge in [-0.05, 0) is 75.4 Å². The minimum absolute atomic E-state index is 0.0836. The first-order valence-corrected chi connectivity index (χ1v) is 12.1. The molecule has 0 aromatic heterocycles. The number of ketones is 1. The van der Waals surface area contributed by atoms with E-state index in [9.17, 15) is 14.7 Å².